The average Bonchev–Trinajstić information content (AvgIpc) is 3.62. The van der Waals surface area contributed by atoms with Gasteiger partial charge in [0.05, 0.1) is 35.8 Å². The van der Waals surface area contributed by atoms with Gasteiger partial charge in [-0.25, -0.2) is 0 Å². The van der Waals surface area contributed by atoms with Crippen LogP contribution in [0.25, 0.3) is 0 Å². The van der Waals surface area contributed by atoms with Crippen molar-refractivity contribution in [2.24, 2.45) is 23.7 Å². The Kier molecular flexibility index (Phi) is 11.3. The van der Waals surface area contributed by atoms with Crippen molar-refractivity contribution in [3.8, 4) is 5.75 Å². The highest BCUT2D eigenvalue weighted by Gasteiger charge is 2.77. The summed E-state index contributed by atoms with van der Waals surface area (Å²) in [6.45, 7) is 19.6. The first kappa shape index (κ1) is 34.1. The molecule has 1 N–H and O–H groups in total. The molecular formula is C35H51N3O5S. The summed E-state index contributed by atoms with van der Waals surface area (Å²) in [6, 6.07) is 6.15. The van der Waals surface area contributed by atoms with E-state index < -0.39 is 28.7 Å². The number of nitrogens with zero attached hydrogens (tertiary/aromatic N) is 3. The minimum Gasteiger partial charge on any atom is -0.494 e. The molecule has 1 spiro atoms. The van der Waals surface area contributed by atoms with Crippen LogP contribution in [-0.4, -0.2) is 87.6 Å². The van der Waals surface area contributed by atoms with Crippen LogP contribution >= 0.6 is 11.8 Å². The Labute approximate surface area is 267 Å². The second-order valence-corrected chi connectivity index (χ2v) is 14.1. The number of amides is 3. The molecule has 3 saturated heterocycles. The van der Waals surface area contributed by atoms with Crippen LogP contribution in [0.15, 0.2) is 49.6 Å². The average molecular weight is 626 g/mol. The second-order valence-electron chi connectivity index (χ2n) is 12.5. The minimum absolute atomic E-state index is 0.0225. The van der Waals surface area contributed by atoms with E-state index in [1.54, 1.807) is 33.7 Å². The van der Waals surface area contributed by atoms with E-state index >= 15 is 0 Å². The van der Waals surface area contributed by atoms with Gasteiger partial charge in [0.1, 0.15) is 11.8 Å². The molecule has 1 aromatic carbocycles. The Morgan fingerprint density at radius 3 is 2.41 bits per heavy atom. The summed E-state index contributed by atoms with van der Waals surface area (Å²) >= 11 is 1.67. The number of thioether (sulfide) groups is 1. The molecule has 4 rings (SSSR count). The Morgan fingerprint density at radius 2 is 1.84 bits per heavy atom. The lowest BCUT2D eigenvalue weighted by Crippen LogP contribution is -2.60. The van der Waals surface area contributed by atoms with Gasteiger partial charge in [-0.2, -0.15) is 0 Å². The van der Waals surface area contributed by atoms with Crippen molar-refractivity contribution in [1.82, 2.24) is 9.80 Å². The van der Waals surface area contributed by atoms with Gasteiger partial charge in [-0.15, -0.1) is 24.9 Å². The van der Waals surface area contributed by atoms with Gasteiger partial charge in [-0.1, -0.05) is 52.7 Å². The number of benzene rings is 1. The minimum atomic E-state index is -0.760. The first-order valence-electron chi connectivity index (χ1n) is 16.3. The molecule has 0 aromatic heterocycles. The zero-order valence-corrected chi connectivity index (χ0v) is 27.9. The van der Waals surface area contributed by atoms with E-state index in [-0.39, 0.29) is 41.4 Å². The van der Waals surface area contributed by atoms with Crippen molar-refractivity contribution in [3.63, 3.8) is 0 Å². The summed E-state index contributed by atoms with van der Waals surface area (Å²) < 4.78 is 4.85. The highest BCUT2D eigenvalue weighted by molar-refractivity contribution is 8.02. The van der Waals surface area contributed by atoms with Crippen molar-refractivity contribution >= 4 is 35.2 Å². The standard InChI is InChI=1S/C35H51N3O5S/c1-8-13-20-36(18-9-2)34(42)31-35-24(7)21-28(44-35)29(30(35)33(41)38(31)27(22-39)23(6)11-4)32(40)37(19-10-3)25-14-16-26(17-15-25)43-12-5/h9-10,14-17,23-24,27-31,39H,2-3,8,11-13,18-22H2,1,4-7H3/t23-,24?,27-,28-,29+,30-,31?,35?/m0/s1. The molecular weight excluding hydrogens is 574 g/mol. The fourth-order valence-corrected chi connectivity index (χ4v) is 10.1. The molecule has 3 aliphatic rings. The Bertz CT molecular complexity index is 1210. The molecule has 0 aliphatic carbocycles. The largest absolute Gasteiger partial charge is 0.494 e. The van der Waals surface area contributed by atoms with Gasteiger partial charge < -0.3 is 24.5 Å². The maximum atomic E-state index is 14.8. The van der Waals surface area contributed by atoms with Gasteiger partial charge in [0.15, 0.2) is 0 Å². The van der Waals surface area contributed by atoms with Gasteiger partial charge in [-0.05, 0) is 55.9 Å². The lowest BCUT2D eigenvalue weighted by atomic mass is 9.65. The number of aliphatic hydroxyl groups excluding tert-OH is 1. The van der Waals surface area contributed by atoms with Crippen LogP contribution in [0.3, 0.4) is 0 Å². The predicted octanol–water partition coefficient (Wildman–Crippen LogP) is 5.16. The Hall–Kier alpha value is -2.78. The number of carbonyl (C=O) groups excluding carboxylic acids is 3. The van der Waals surface area contributed by atoms with E-state index in [0.717, 1.165) is 31.4 Å². The molecule has 3 fully saturated rings. The number of carbonyl (C=O) groups is 3. The number of rotatable bonds is 16. The number of hydrogen-bond donors (Lipinski definition) is 1. The fraction of sp³-hybridized carbons (Fsp3) is 0.629. The topological polar surface area (TPSA) is 90.4 Å². The van der Waals surface area contributed by atoms with Crippen molar-refractivity contribution < 1.29 is 24.2 Å². The molecule has 3 unspecified atom stereocenters. The summed E-state index contributed by atoms with van der Waals surface area (Å²) in [5.41, 5.74) is 0.715. The maximum absolute atomic E-state index is 14.8. The fourth-order valence-electron chi connectivity index (χ4n) is 7.68. The molecule has 3 amide bonds. The Morgan fingerprint density at radius 1 is 1.16 bits per heavy atom. The molecule has 44 heavy (non-hydrogen) atoms. The molecule has 8 atom stereocenters. The molecule has 2 bridgehead atoms. The quantitative estimate of drug-likeness (QED) is 0.255. The molecule has 1 aromatic rings. The van der Waals surface area contributed by atoms with Crippen molar-refractivity contribution in [3.05, 3.63) is 49.6 Å². The van der Waals surface area contributed by atoms with Gasteiger partial charge in [0, 0.05) is 30.6 Å². The van der Waals surface area contributed by atoms with E-state index in [4.69, 9.17) is 4.74 Å². The highest BCUT2D eigenvalue weighted by Crippen LogP contribution is 2.69. The van der Waals surface area contributed by atoms with E-state index in [1.807, 2.05) is 49.9 Å². The van der Waals surface area contributed by atoms with Crippen LogP contribution in [0.4, 0.5) is 5.69 Å². The molecule has 0 saturated carbocycles. The monoisotopic (exact) mass is 625 g/mol. The van der Waals surface area contributed by atoms with E-state index in [1.165, 1.54) is 0 Å². The SMILES string of the molecule is C=CCN(CCCC)C(=O)C1N([C@@H](CO)[C@@H](C)CC)C(=O)[C@@H]2[C@H](C(=O)N(CC=C)c3ccc(OCC)cc3)[C@@H]3CC(C)C12S3. The number of anilines is 1. The molecule has 3 heterocycles. The summed E-state index contributed by atoms with van der Waals surface area (Å²) in [5, 5.41) is 10.6. The van der Waals surface area contributed by atoms with E-state index in [9.17, 15) is 19.5 Å². The van der Waals surface area contributed by atoms with Crippen LogP contribution in [0.1, 0.15) is 60.3 Å². The number of likely N-dealkylation sites (tertiary alicyclic amines) is 1. The summed E-state index contributed by atoms with van der Waals surface area (Å²) in [4.78, 5) is 49.4. The van der Waals surface area contributed by atoms with Crippen molar-refractivity contribution in [2.45, 2.75) is 82.4 Å². The van der Waals surface area contributed by atoms with Gasteiger partial charge in [-0.3, -0.25) is 14.4 Å². The smallest absolute Gasteiger partial charge is 0.247 e. The van der Waals surface area contributed by atoms with Gasteiger partial charge >= 0.3 is 0 Å². The maximum Gasteiger partial charge on any atom is 0.247 e. The lowest BCUT2D eigenvalue weighted by molar-refractivity contribution is -0.146. The van der Waals surface area contributed by atoms with Crippen LogP contribution in [0.5, 0.6) is 5.75 Å². The molecule has 8 nitrogen and oxygen atoms in total. The second kappa shape index (κ2) is 14.5. The first-order valence-corrected chi connectivity index (χ1v) is 17.2. The molecule has 3 aliphatic heterocycles. The predicted molar refractivity (Wildman–Crippen MR) is 178 cm³/mol. The normalized spacial score (nSPS) is 28.4. The summed E-state index contributed by atoms with van der Waals surface area (Å²) in [6.07, 6.45) is 6.71. The zero-order valence-electron chi connectivity index (χ0n) is 27.1. The van der Waals surface area contributed by atoms with Gasteiger partial charge in [0.2, 0.25) is 17.7 Å². The zero-order chi connectivity index (χ0) is 32.2. The molecule has 9 heteroatoms. The number of ether oxygens (including phenoxy) is 1. The van der Waals surface area contributed by atoms with Crippen LogP contribution < -0.4 is 9.64 Å². The van der Waals surface area contributed by atoms with E-state index in [0.29, 0.717) is 31.9 Å². The number of unbranched alkanes of at least 4 members (excludes halogenated alkanes) is 1. The third-order valence-electron chi connectivity index (χ3n) is 10.0. The molecule has 242 valence electrons. The summed E-state index contributed by atoms with van der Waals surface area (Å²) in [5.74, 6) is -0.903. The van der Waals surface area contributed by atoms with Crippen molar-refractivity contribution in [1.29, 1.82) is 0 Å². The lowest BCUT2D eigenvalue weighted by Gasteiger charge is -2.43. The first-order chi connectivity index (χ1) is 21.2. The third kappa shape index (κ3) is 5.82. The van der Waals surface area contributed by atoms with Crippen LogP contribution in [0.2, 0.25) is 0 Å². The number of hydrogen-bond acceptors (Lipinski definition) is 6. The van der Waals surface area contributed by atoms with Crippen LogP contribution in [-0.2, 0) is 14.4 Å². The molecule has 0 radical (unpaired) electrons. The summed E-state index contributed by atoms with van der Waals surface area (Å²) in [7, 11) is 0. The van der Waals surface area contributed by atoms with Crippen molar-refractivity contribution in [2.75, 3.05) is 37.7 Å². The number of aliphatic hydroxyl groups is 1. The van der Waals surface area contributed by atoms with Crippen LogP contribution in [0, 0.1) is 23.7 Å². The number of fused-ring (bicyclic) bond motifs is 1. The van der Waals surface area contributed by atoms with Gasteiger partial charge in [0.25, 0.3) is 0 Å². The Balaban J connectivity index is 1.81. The third-order valence-corrected chi connectivity index (χ3v) is 12.1. The highest BCUT2D eigenvalue weighted by atomic mass is 32.2. The van der Waals surface area contributed by atoms with E-state index in [2.05, 4.69) is 27.0 Å².